The van der Waals surface area contributed by atoms with Gasteiger partial charge >= 0.3 is 0 Å². The Morgan fingerprint density at radius 1 is 1.17 bits per heavy atom. The summed E-state index contributed by atoms with van der Waals surface area (Å²) in [5.74, 6) is 0.207. The smallest absolute Gasteiger partial charge is 0.268 e. The van der Waals surface area contributed by atoms with Crippen LogP contribution in [0.3, 0.4) is 0 Å². The normalized spacial score (nSPS) is 18.1. The number of imide groups is 1. The quantitative estimate of drug-likeness (QED) is 0.483. The molecule has 1 unspecified atom stereocenters. The van der Waals surface area contributed by atoms with Crippen LogP contribution in [0.2, 0.25) is 0 Å². The van der Waals surface area contributed by atoms with E-state index in [1.54, 1.807) is 6.08 Å². The second kappa shape index (κ2) is 8.49. The molecule has 1 aliphatic heterocycles. The minimum atomic E-state index is -0.175. The lowest BCUT2D eigenvalue weighted by Crippen LogP contribution is -2.33. The number of hydrogen-bond donors (Lipinski definition) is 0. The van der Waals surface area contributed by atoms with Crippen LogP contribution in [0.1, 0.15) is 38.7 Å². The van der Waals surface area contributed by atoms with Gasteiger partial charge in [-0.15, -0.1) is 0 Å². The number of rotatable bonds is 6. The van der Waals surface area contributed by atoms with E-state index < -0.39 is 0 Å². The Balaban J connectivity index is 2.18. The second-order valence-corrected chi connectivity index (χ2v) is 8.38. The number of thioether (sulfide) groups is 1. The predicted molar refractivity (Wildman–Crippen MR) is 103 cm³/mol. The first-order valence-corrected chi connectivity index (χ1v) is 10.1. The van der Waals surface area contributed by atoms with Gasteiger partial charge in [0.25, 0.3) is 11.1 Å². The zero-order valence-electron chi connectivity index (χ0n) is 13.1. The van der Waals surface area contributed by atoms with Crippen molar-refractivity contribution in [2.24, 2.45) is 5.92 Å². The van der Waals surface area contributed by atoms with Crippen LogP contribution < -0.4 is 0 Å². The summed E-state index contributed by atoms with van der Waals surface area (Å²) >= 11 is 7.89. The molecule has 1 fully saturated rings. The van der Waals surface area contributed by atoms with Gasteiger partial charge in [0.05, 0.1) is 4.91 Å². The largest absolute Gasteiger partial charge is 0.293 e. The van der Waals surface area contributed by atoms with Crippen molar-refractivity contribution in [3.63, 3.8) is 0 Å². The van der Waals surface area contributed by atoms with Crippen LogP contribution in [-0.2, 0) is 4.79 Å². The van der Waals surface area contributed by atoms with E-state index in [0.29, 0.717) is 17.4 Å². The van der Waals surface area contributed by atoms with Crippen molar-refractivity contribution < 1.29 is 9.59 Å². The summed E-state index contributed by atoms with van der Waals surface area (Å²) in [5, 5.41) is -0.162. The standard InChI is InChI=1S/C17H19Br2NO2S/c1-3-5-11(4-2)10-20-16(21)15(23-17(20)22)8-12-6-13(18)9-14(19)7-12/h6-9,11H,3-5,10H2,1-2H3/b15-8-. The highest BCUT2D eigenvalue weighted by Gasteiger charge is 2.35. The molecule has 3 nitrogen and oxygen atoms in total. The first-order valence-electron chi connectivity index (χ1n) is 7.66. The first kappa shape index (κ1) is 18.7. The SMILES string of the molecule is CCCC(CC)CN1C(=O)S/C(=C\c2cc(Br)cc(Br)c2)C1=O. The molecule has 1 saturated heterocycles. The Morgan fingerprint density at radius 2 is 1.83 bits per heavy atom. The molecule has 0 aliphatic carbocycles. The van der Waals surface area contributed by atoms with Crippen molar-refractivity contribution >= 4 is 60.8 Å². The summed E-state index contributed by atoms with van der Waals surface area (Å²) in [5.41, 5.74) is 0.886. The number of carbonyl (C=O) groups is 2. The van der Waals surface area contributed by atoms with Crippen molar-refractivity contribution in [3.8, 4) is 0 Å². The highest BCUT2D eigenvalue weighted by molar-refractivity contribution is 9.11. The average molecular weight is 461 g/mol. The van der Waals surface area contributed by atoms with E-state index in [1.807, 2.05) is 18.2 Å². The van der Waals surface area contributed by atoms with E-state index in [0.717, 1.165) is 45.5 Å². The van der Waals surface area contributed by atoms with Crippen molar-refractivity contribution in [2.75, 3.05) is 6.54 Å². The van der Waals surface area contributed by atoms with E-state index >= 15 is 0 Å². The van der Waals surface area contributed by atoms with Gasteiger partial charge in [0.1, 0.15) is 0 Å². The predicted octanol–water partition coefficient (Wildman–Crippen LogP) is 6.07. The van der Waals surface area contributed by atoms with E-state index in [1.165, 1.54) is 4.90 Å². The Hall–Kier alpha value is -0.590. The maximum absolute atomic E-state index is 12.5. The van der Waals surface area contributed by atoms with Crippen molar-refractivity contribution in [3.05, 3.63) is 37.6 Å². The average Bonchev–Trinajstić information content (AvgIpc) is 2.73. The van der Waals surface area contributed by atoms with Gasteiger partial charge in [-0.25, -0.2) is 0 Å². The number of amides is 2. The molecule has 0 radical (unpaired) electrons. The van der Waals surface area contributed by atoms with Crippen LogP contribution in [0.15, 0.2) is 32.0 Å². The molecule has 6 heteroatoms. The molecule has 23 heavy (non-hydrogen) atoms. The lowest BCUT2D eigenvalue weighted by atomic mass is 10.0. The van der Waals surface area contributed by atoms with E-state index in [4.69, 9.17) is 0 Å². The molecule has 1 heterocycles. The molecule has 0 spiro atoms. The Morgan fingerprint density at radius 3 is 2.39 bits per heavy atom. The fourth-order valence-corrected chi connectivity index (χ4v) is 4.74. The topological polar surface area (TPSA) is 37.4 Å². The highest BCUT2D eigenvalue weighted by atomic mass is 79.9. The molecular formula is C17H19Br2NO2S. The highest BCUT2D eigenvalue weighted by Crippen LogP contribution is 2.34. The zero-order chi connectivity index (χ0) is 17.0. The third-order valence-corrected chi connectivity index (χ3v) is 5.59. The van der Waals surface area contributed by atoms with Gasteiger partial charge in [0.15, 0.2) is 0 Å². The fraction of sp³-hybridized carbons (Fsp3) is 0.412. The summed E-state index contributed by atoms with van der Waals surface area (Å²) in [6.45, 7) is 4.75. The van der Waals surface area contributed by atoms with Crippen LogP contribution in [0.5, 0.6) is 0 Å². The Labute approximate surface area is 158 Å². The Kier molecular flexibility index (Phi) is 6.92. The number of halogens is 2. The van der Waals surface area contributed by atoms with Gasteiger partial charge in [-0.1, -0.05) is 58.5 Å². The maximum atomic E-state index is 12.5. The molecular weight excluding hydrogens is 442 g/mol. The maximum Gasteiger partial charge on any atom is 0.293 e. The monoisotopic (exact) mass is 459 g/mol. The summed E-state index contributed by atoms with van der Waals surface area (Å²) < 4.78 is 1.85. The number of benzene rings is 1. The third-order valence-electron chi connectivity index (χ3n) is 3.77. The lowest BCUT2D eigenvalue weighted by Gasteiger charge is -2.19. The summed E-state index contributed by atoms with van der Waals surface area (Å²) in [7, 11) is 0. The number of hydrogen-bond acceptors (Lipinski definition) is 3. The minimum absolute atomic E-state index is 0.162. The van der Waals surface area contributed by atoms with Gasteiger partial charge in [0, 0.05) is 15.5 Å². The van der Waals surface area contributed by atoms with Gasteiger partial charge < -0.3 is 0 Å². The van der Waals surface area contributed by atoms with Gasteiger partial charge in [0.2, 0.25) is 0 Å². The molecule has 0 bridgehead atoms. The van der Waals surface area contributed by atoms with Crippen molar-refractivity contribution in [1.29, 1.82) is 0 Å². The van der Waals surface area contributed by atoms with Crippen molar-refractivity contribution in [1.82, 2.24) is 4.90 Å². The van der Waals surface area contributed by atoms with Crippen LogP contribution >= 0.6 is 43.6 Å². The molecule has 0 aromatic heterocycles. The van der Waals surface area contributed by atoms with E-state index in [9.17, 15) is 9.59 Å². The van der Waals surface area contributed by atoms with Gasteiger partial charge in [-0.3, -0.25) is 14.5 Å². The molecule has 2 rings (SSSR count). The van der Waals surface area contributed by atoms with Crippen LogP contribution in [0.25, 0.3) is 6.08 Å². The van der Waals surface area contributed by atoms with Crippen LogP contribution in [0.4, 0.5) is 4.79 Å². The third kappa shape index (κ3) is 4.94. The molecule has 124 valence electrons. The second-order valence-electron chi connectivity index (χ2n) is 5.56. The summed E-state index contributed by atoms with van der Waals surface area (Å²) in [6.07, 6.45) is 4.86. The molecule has 1 aromatic carbocycles. The molecule has 1 aromatic rings. The first-order chi connectivity index (χ1) is 10.9. The molecule has 1 atom stereocenters. The zero-order valence-corrected chi connectivity index (χ0v) is 17.1. The van der Waals surface area contributed by atoms with Crippen molar-refractivity contribution in [2.45, 2.75) is 33.1 Å². The Bertz CT molecular complexity index is 625. The molecule has 0 N–H and O–H groups in total. The van der Waals surface area contributed by atoms with Gasteiger partial charge in [-0.05, 0) is 53.9 Å². The molecule has 0 saturated carbocycles. The minimum Gasteiger partial charge on any atom is -0.268 e. The summed E-state index contributed by atoms with van der Waals surface area (Å²) in [6, 6.07) is 5.77. The molecule has 2 amide bonds. The van der Waals surface area contributed by atoms with E-state index in [2.05, 4.69) is 45.7 Å². The number of nitrogens with zero attached hydrogens (tertiary/aromatic N) is 1. The van der Waals surface area contributed by atoms with Crippen LogP contribution in [-0.4, -0.2) is 22.6 Å². The van der Waals surface area contributed by atoms with E-state index in [-0.39, 0.29) is 11.1 Å². The lowest BCUT2D eigenvalue weighted by molar-refractivity contribution is -0.123. The summed E-state index contributed by atoms with van der Waals surface area (Å²) in [4.78, 5) is 26.6. The fourth-order valence-electron chi connectivity index (χ4n) is 2.56. The number of carbonyl (C=O) groups excluding carboxylic acids is 2. The van der Waals surface area contributed by atoms with Crippen LogP contribution in [0, 0.1) is 5.92 Å². The van der Waals surface area contributed by atoms with Gasteiger partial charge in [-0.2, -0.15) is 0 Å². The molecule has 1 aliphatic rings.